The van der Waals surface area contributed by atoms with Gasteiger partial charge in [-0.3, -0.25) is 0 Å². The monoisotopic (exact) mass is 673 g/mol. The number of fused-ring (bicyclic) bond motifs is 5. The van der Waals surface area contributed by atoms with Crippen molar-refractivity contribution < 1.29 is 0 Å². The Bertz CT molecular complexity index is 1380. The fourth-order valence-electron chi connectivity index (χ4n) is 6.16. The molecular formula is C33H41Br2NS2. The van der Waals surface area contributed by atoms with Crippen LogP contribution in [0.5, 0.6) is 0 Å². The maximum Gasteiger partial charge on any atom is 0.0711 e. The summed E-state index contributed by atoms with van der Waals surface area (Å²) in [5.74, 6) is 0. The molecule has 0 bridgehead atoms. The van der Waals surface area contributed by atoms with Gasteiger partial charge in [0.1, 0.15) is 0 Å². The van der Waals surface area contributed by atoms with Gasteiger partial charge in [-0.25, -0.2) is 0 Å². The van der Waals surface area contributed by atoms with Crippen LogP contribution in [-0.2, 0) is 0 Å². The number of hydrogen-bond donors (Lipinski definition) is 0. The summed E-state index contributed by atoms with van der Waals surface area (Å²) in [4.78, 5) is 0. The lowest BCUT2D eigenvalue weighted by molar-refractivity contribution is 0.410. The highest BCUT2D eigenvalue weighted by atomic mass is 79.9. The molecular weight excluding hydrogens is 634 g/mol. The van der Waals surface area contributed by atoms with Crippen LogP contribution < -0.4 is 0 Å². The van der Waals surface area contributed by atoms with Crippen LogP contribution in [-0.4, -0.2) is 4.57 Å². The van der Waals surface area contributed by atoms with E-state index in [1.54, 1.807) is 0 Å². The van der Waals surface area contributed by atoms with E-state index in [0.29, 0.717) is 6.04 Å². The van der Waals surface area contributed by atoms with Gasteiger partial charge in [0.2, 0.25) is 0 Å². The topological polar surface area (TPSA) is 4.93 Å². The maximum atomic E-state index is 3.75. The molecule has 5 aromatic rings. The number of halogens is 2. The summed E-state index contributed by atoms with van der Waals surface area (Å²) in [5.41, 5.74) is 2.86. The molecule has 0 saturated heterocycles. The summed E-state index contributed by atoms with van der Waals surface area (Å²) in [5, 5.41) is 5.53. The molecule has 1 nitrogen and oxygen atoms in total. The molecule has 204 valence electrons. The van der Waals surface area contributed by atoms with Gasteiger partial charge in [0.05, 0.1) is 18.6 Å². The standard InChI is InChI=1S/C33H41Br2NS2/c1-3-5-7-9-11-13-15-25(16-14-12-10-8-6-4-2)36-28-21-30-23(19-32(34)37-30)17-26(28)27-18-24-20-33(35)38-31(24)22-29(27)36/h17-22,25H,3-16H2,1-2H3. The summed E-state index contributed by atoms with van der Waals surface area (Å²) in [7, 11) is 0. The van der Waals surface area contributed by atoms with E-state index in [-0.39, 0.29) is 0 Å². The van der Waals surface area contributed by atoms with E-state index in [0.717, 1.165) is 0 Å². The molecule has 3 heterocycles. The first-order chi connectivity index (χ1) is 18.6. The minimum absolute atomic E-state index is 0.564. The van der Waals surface area contributed by atoms with Gasteiger partial charge in [-0.15, -0.1) is 22.7 Å². The van der Waals surface area contributed by atoms with Crippen LogP contribution in [0.4, 0.5) is 0 Å². The van der Waals surface area contributed by atoms with Crippen molar-refractivity contribution in [2.24, 2.45) is 0 Å². The van der Waals surface area contributed by atoms with Crippen molar-refractivity contribution in [3.8, 4) is 0 Å². The average molecular weight is 676 g/mol. The van der Waals surface area contributed by atoms with E-state index in [1.165, 1.54) is 139 Å². The second kappa shape index (κ2) is 13.7. The Morgan fingerprint density at radius 2 is 1.00 bits per heavy atom. The molecule has 0 N–H and O–H groups in total. The molecule has 0 aliphatic rings. The molecule has 0 atom stereocenters. The molecule has 0 saturated carbocycles. The highest BCUT2D eigenvalue weighted by molar-refractivity contribution is 9.11. The van der Waals surface area contributed by atoms with Gasteiger partial charge in [-0.05, 0) is 91.9 Å². The van der Waals surface area contributed by atoms with Crippen molar-refractivity contribution in [1.82, 2.24) is 4.57 Å². The number of nitrogens with zero attached hydrogens (tertiary/aromatic N) is 1. The zero-order chi connectivity index (χ0) is 26.5. The van der Waals surface area contributed by atoms with Crippen LogP contribution in [0, 0.1) is 0 Å². The minimum atomic E-state index is 0.564. The second-order valence-corrected chi connectivity index (χ2v) is 16.0. The summed E-state index contributed by atoms with van der Waals surface area (Å²) in [6.07, 6.45) is 19.0. The first-order valence-corrected chi connectivity index (χ1v) is 18.1. The van der Waals surface area contributed by atoms with Crippen molar-refractivity contribution in [3.05, 3.63) is 44.0 Å². The highest BCUT2D eigenvalue weighted by Crippen LogP contribution is 2.43. The van der Waals surface area contributed by atoms with Crippen LogP contribution in [0.2, 0.25) is 0 Å². The van der Waals surface area contributed by atoms with Gasteiger partial charge in [0.25, 0.3) is 0 Å². The Balaban J connectivity index is 1.54. The van der Waals surface area contributed by atoms with Crippen molar-refractivity contribution in [2.45, 2.75) is 110 Å². The molecule has 5 heteroatoms. The van der Waals surface area contributed by atoms with Crippen molar-refractivity contribution in [1.29, 1.82) is 0 Å². The summed E-state index contributed by atoms with van der Waals surface area (Å²) in [6, 6.07) is 15.0. The molecule has 38 heavy (non-hydrogen) atoms. The first-order valence-electron chi connectivity index (χ1n) is 14.8. The maximum absolute atomic E-state index is 3.75. The zero-order valence-electron chi connectivity index (χ0n) is 23.0. The molecule has 0 unspecified atom stereocenters. The predicted molar refractivity (Wildman–Crippen MR) is 181 cm³/mol. The van der Waals surface area contributed by atoms with E-state index < -0.39 is 0 Å². The van der Waals surface area contributed by atoms with Gasteiger partial charge in [0, 0.05) is 26.2 Å². The smallest absolute Gasteiger partial charge is 0.0711 e. The SMILES string of the molecule is CCCCCCCCC(CCCCCCCC)n1c2cc3sc(Br)cc3cc2c2cc3cc(Br)sc3cc21. The van der Waals surface area contributed by atoms with E-state index >= 15 is 0 Å². The van der Waals surface area contributed by atoms with Crippen molar-refractivity contribution in [2.75, 3.05) is 0 Å². The predicted octanol–water partition coefficient (Wildman–Crippen LogP) is 13.8. The van der Waals surface area contributed by atoms with E-state index in [2.05, 4.69) is 86.7 Å². The third-order valence-electron chi connectivity index (χ3n) is 8.17. The lowest BCUT2D eigenvalue weighted by Crippen LogP contribution is -2.09. The second-order valence-electron chi connectivity index (χ2n) is 11.1. The fraction of sp³-hybridized carbons (Fsp3) is 0.515. The van der Waals surface area contributed by atoms with Gasteiger partial charge >= 0.3 is 0 Å². The summed E-state index contributed by atoms with van der Waals surface area (Å²) < 4.78 is 7.97. The molecule has 0 aliphatic heterocycles. The Kier molecular flexibility index (Phi) is 10.3. The number of thiophene rings is 2. The quantitative estimate of drug-likeness (QED) is 0.0974. The van der Waals surface area contributed by atoms with Crippen LogP contribution in [0.15, 0.2) is 44.0 Å². The number of aromatic nitrogens is 1. The minimum Gasteiger partial charge on any atom is -0.337 e. The molecule has 2 aromatic carbocycles. The average Bonchev–Trinajstić information content (AvgIpc) is 3.54. The highest BCUT2D eigenvalue weighted by Gasteiger charge is 2.21. The largest absolute Gasteiger partial charge is 0.337 e. The van der Waals surface area contributed by atoms with Gasteiger partial charge in [-0.1, -0.05) is 90.9 Å². The van der Waals surface area contributed by atoms with Crippen LogP contribution >= 0.6 is 54.5 Å². The first kappa shape index (κ1) is 28.6. The third-order valence-corrected chi connectivity index (χ3v) is 11.4. The molecule has 0 aliphatic carbocycles. The van der Waals surface area contributed by atoms with Gasteiger partial charge in [-0.2, -0.15) is 0 Å². The van der Waals surface area contributed by atoms with Crippen LogP contribution in [0.25, 0.3) is 42.0 Å². The fourth-order valence-corrected chi connectivity index (χ4v) is 9.31. The molecule has 0 amide bonds. The molecule has 5 rings (SSSR count). The summed E-state index contributed by atoms with van der Waals surface area (Å²) >= 11 is 11.2. The Labute approximate surface area is 253 Å². The molecule has 0 spiro atoms. The van der Waals surface area contributed by atoms with E-state index in [1.807, 2.05) is 22.7 Å². The third kappa shape index (κ3) is 6.53. The van der Waals surface area contributed by atoms with E-state index in [9.17, 15) is 0 Å². The van der Waals surface area contributed by atoms with Crippen molar-refractivity contribution >= 4 is 96.5 Å². The number of benzene rings is 2. The normalized spacial score (nSPS) is 12.3. The Morgan fingerprint density at radius 3 is 1.45 bits per heavy atom. The molecule has 0 radical (unpaired) electrons. The van der Waals surface area contributed by atoms with Gasteiger partial charge < -0.3 is 4.57 Å². The van der Waals surface area contributed by atoms with Crippen molar-refractivity contribution in [3.63, 3.8) is 0 Å². The number of rotatable bonds is 15. The Hall–Kier alpha value is -0.880. The number of unbranched alkanes of at least 4 members (excludes halogenated alkanes) is 10. The molecule has 0 fully saturated rings. The summed E-state index contributed by atoms with van der Waals surface area (Å²) in [6.45, 7) is 4.62. The molecule has 3 aromatic heterocycles. The lowest BCUT2D eigenvalue weighted by atomic mass is 9.99. The zero-order valence-corrected chi connectivity index (χ0v) is 27.8. The number of hydrogen-bond acceptors (Lipinski definition) is 2. The van der Waals surface area contributed by atoms with Crippen LogP contribution in [0.3, 0.4) is 0 Å². The van der Waals surface area contributed by atoms with Gasteiger partial charge in [0.15, 0.2) is 0 Å². The van der Waals surface area contributed by atoms with E-state index in [4.69, 9.17) is 0 Å². The van der Waals surface area contributed by atoms with Crippen LogP contribution in [0.1, 0.15) is 110 Å². The lowest BCUT2D eigenvalue weighted by Gasteiger charge is -2.22. The Morgan fingerprint density at radius 1 is 0.579 bits per heavy atom.